The lowest BCUT2D eigenvalue weighted by Crippen LogP contribution is -2.43. The van der Waals surface area contributed by atoms with Crippen LogP contribution in [-0.2, 0) is 14.3 Å². The number of nitrogens with one attached hydrogen (secondary N) is 1. The molecular weight excluding hydrogens is 394 g/mol. The number of rotatable bonds is 7. The van der Waals surface area contributed by atoms with Crippen LogP contribution in [0.5, 0.6) is 0 Å². The van der Waals surface area contributed by atoms with E-state index in [1.54, 1.807) is 7.11 Å². The van der Waals surface area contributed by atoms with Gasteiger partial charge in [0.2, 0.25) is 0 Å². The van der Waals surface area contributed by atoms with Gasteiger partial charge in [0.05, 0.1) is 6.10 Å². The fourth-order valence-corrected chi connectivity index (χ4v) is 4.94. The molecule has 6 heteroatoms. The summed E-state index contributed by atoms with van der Waals surface area (Å²) in [6.45, 7) is 0.172. The Morgan fingerprint density at radius 2 is 1.58 bits per heavy atom. The third-order valence-corrected chi connectivity index (χ3v) is 6.63. The third kappa shape index (κ3) is 4.74. The number of carbonyl (C=O) groups is 2. The minimum atomic E-state index is -1.03. The van der Waals surface area contributed by atoms with Crippen molar-refractivity contribution in [2.24, 2.45) is 5.92 Å². The Morgan fingerprint density at radius 3 is 2.13 bits per heavy atom. The van der Waals surface area contributed by atoms with E-state index in [-0.39, 0.29) is 24.5 Å². The van der Waals surface area contributed by atoms with E-state index in [4.69, 9.17) is 9.47 Å². The van der Waals surface area contributed by atoms with E-state index in [0.717, 1.165) is 47.9 Å². The molecule has 0 aromatic heterocycles. The standard InChI is InChI=1S/C25H29NO5/c1-30-17-12-10-16(11-13-17)14-23(24(27)28)26-25(29)31-15-22-20-8-4-2-6-18(20)19-7-3-5-9-21(19)22/h2-9,16-17,22-23H,10-15H2,1H3,(H,26,29)(H,27,28). The molecule has 1 fully saturated rings. The van der Waals surface area contributed by atoms with E-state index >= 15 is 0 Å². The van der Waals surface area contributed by atoms with Crippen LogP contribution in [0.25, 0.3) is 11.1 Å². The average Bonchev–Trinajstić information content (AvgIpc) is 3.11. The molecule has 4 rings (SSSR count). The van der Waals surface area contributed by atoms with Crippen molar-refractivity contribution < 1.29 is 24.2 Å². The second-order valence-electron chi connectivity index (χ2n) is 8.47. The van der Waals surface area contributed by atoms with Crippen molar-refractivity contribution in [1.29, 1.82) is 0 Å². The van der Waals surface area contributed by atoms with Gasteiger partial charge >= 0.3 is 12.1 Å². The quantitative estimate of drug-likeness (QED) is 0.681. The van der Waals surface area contributed by atoms with Gasteiger partial charge in [0.1, 0.15) is 12.6 Å². The molecule has 6 nitrogen and oxygen atoms in total. The number of hydrogen-bond acceptors (Lipinski definition) is 4. The van der Waals surface area contributed by atoms with E-state index < -0.39 is 18.1 Å². The van der Waals surface area contributed by atoms with Crippen LogP contribution in [0.3, 0.4) is 0 Å². The Balaban J connectivity index is 1.35. The maximum Gasteiger partial charge on any atom is 0.407 e. The average molecular weight is 424 g/mol. The molecule has 0 radical (unpaired) electrons. The number of carboxylic acids is 1. The topological polar surface area (TPSA) is 84.9 Å². The first-order chi connectivity index (χ1) is 15.1. The first kappa shape index (κ1) is 21.4. The Labute approximate surface area is 182 Å². The van der Waals surface area contributed by atoms with Gasteiger partial charge in [-0.05, 0) is 60.3 Å². The molecule has 31 heavy (non-hydrogen) atoms. The number of aliphatic carboxylic acids is 1. The van der Waals surface area contributed by atoms with Gasteiger partial charge in [-0.15, -0.1) is 0 Å². The van der Waals surface area contributed by atoms with Crippen LogP contribution in [-0.4, -0.2) is 43.0 Å². The molecule has 1 amide bonds. The number of alkyl carbamates (subject to hydrolysis) is 1. The summed E-state index contributed by atoms with van der Waals surface area (Å²) in [7, 11) is 1.71. The van der Waals surface area contributed by atoms with E-state index in [1.807, 2.05) is 24.3 Å². The summed E-state index contributed by atoms with van der Waals surface area (Å²) in [6.07, 6.45) is 3.67. The number of benzene rings is 2. The molecule has 1 unspecified atom stereocenters. The molecule has 2 aromatic rings. The fraction of sp³-hybridized carbons (Fsp3) is 0.440. The predicted molar refractivity (Wildman–Crippen MR) is 117 cm³/mol. The highest BCUT2D eigenvalue weighted by atomic mass is 16.5. The van der Waals surface area contributed by atoms with Crippen molar-refractivity contribution in [3.63, 3.8) is 0 Å². The van der Waals surface area contributed by atoms with Gasteiger partial charge in [-0.25, -0.2) is 9.59 Å². The molecule has 0 aliphatic heterocycles. The van der Waals surface area contributed by atoms with Gasteiger partial charge in [0.15, 0.2) is 0 Å². The predicted octanol–water partition coefficient (Wildman–Crippen LogP) is 4.57. The van der Waals surface area contributed by atoms with Gasteiger partial charge in [-0.1, -0.05) is 48.5 Å². The highest BCUT2D eigenvalue weighted by molar-refractivity contribution is 5.81. The molecule has 0 bridgehead atoms. The summed E-state index contributed by atoms with van der Waals surface area (Å²) in [6, 6.07) is 15.3. The zero-order valence-corrected chi connectivity index (χ0v) is 17.8. The molecule has 2 aliphatic rings. The maximum atomic E-state index is 12.5. The lowest BCUT2D eigenvalue weighted by Gasteiger charge is -2.29. The first-order valence-corrected chi connectivity index (χ1v) is 10.9. The molecule has 1 atom stereocenters. The van der Waals surface area contributed by atoms with Crippen LogP contribution >= 0.6 is 0 Å². The summed E-state index contributed by atoms with van der Waals surface area (Å²) in [5.41, 5.74) is 4.56. The highest BCUT2D eigenvalue weighted by Crippen LogP contribution is 2.44. The van der Waals surface area contributed by atoms with E-state index in [0.29, 0.717) is 6.42 Å². The van der Waals surface area contributed by atoms with Gasteiger partial charge in [0, 0.05) is 13.0 Å². The van der Waals surface area contributed by atoms with Crippen LogP contribution in [0, 0.1) is 5.92 Å². The summed E-state index contributed by atoms with van der Waals surface area (Å²) >= 11 is 0. The fourth-order valence-electron chi connectivity index (χ4n) is 4.94. The third-order valence-electron chi connectivity index (χ3n) is 6.63. The van der Waals surface area contributed by atoms with Gasteiger partial charge in [-0.3, -0.25) is 0 Å². The molecule has 164 valence electrons. The Kier molecular flexibility index (Phi) is 6.56. The van der Waals surface area contributed by atoms with Crippen LogP contribution in [0.1, 0.15) is 49.1 Å². The number of carbonyl (C=O) groups excluding carboxylic acids is 1. The largest absolute Gasteiger partial charge is 0.480 e. The SMILES string of the molecule is COC1CCC(CC(NC(=O)OCC2c3ccccc3-c3ccccc32)C(=O)O)CC1. The molecule has 2 N–H and O–H groups in total. The number of fused-ring (bicyclic) bond motifs is 3. The molecular formula is C25H29NO5. The molecule has 0 spiro atoms. The zero-order chi connectivity index (χ0) is 21.8. The van der Waals surface area contributed by atoms with Gasteiger partial charge in [-0.2, -0.15) is 0 Å². The van der Waals surface area contributed by atoms with Crippen molar-refractivity contribution in [1.82, 2.24) is 5.32 Å². The van der Waals surface area contributed by atoms with Crippen molar-refractivity contribution in [2.45, 2.75) is 50.2 Å². The second kappa shape index (κ2) is 9.52. The van der Waals surface area contributed by atoms with E-state index in [9.17, 15) is 14.7 Å². The van der Waals surface area contributed by atoms with Crippen LogP contribution in [0.4, 0.5) is 4.79 Å². The first-order valence-electron chi connectivity index (χ1n) is 10.9. The summed E-state index contributed by atoms with van der Waals surface area (Å²) in [4.78, 5) is 24.2. The monoisotopic (exact) mass is 423 g/mol. The molecule has 2 aromatic carbocycles. The maximum absolute atomic E-state index is 12.5. The van der Waals surface area contributed by atoms with Crippen LogP contribution < -0.4 is 5.32 Å². The van der Waals surface area contributed by atoms with Gasteiger partial charge in [0.25, 0.3) is 0 Å². The lowest BCUT2D eigenvalue weighted by molar-refractivity contribution is -0.140. The molecule has 0 heterocycles. The number of carboxylic acid groups (broad SMARTS) is 1. The normalized spacial score (nSPS) is 21.1. The Bertz CT molecular complexity index is 890. The Morgan fingerprint density at radius 1 is 1.00 bits per heavy atom. The highest BCUT2D eigenvalue weighted by Gasteiger charge is 2.31. The van der Waals surface area contributed by atoms with Crippen LogP contribution in [0.2, 0.25) is 0 Å². The smallest absolute Gasteiger partial charge is 0.407 e. The summed E-state index contributed by atoms with van der Waals surface area (Å²) < 4.78 is 10.9. The van der Waals surface area contributed by atoms with Crippen molar-refractivity contribution >= 4 is 12.1 Å². The second-order valence-corrected chi connectivity index (χ2v) is 8.47. The van der Waals surface area contributed by atoms with Crippen molar-refractivity contribution in [3.05, 3.63) is 59.7 Å². The van der Waals surface area contributed by atoms with E-state index in [1.165, 1.54) is 0 Å². The lowest BCUT2D eigenvalue weighted by atomic mass is 9.83. The van der Waals surface area contributed by atoms with Crippen molar-refractivity contribution in [3.8, 4) is 11.1 Å². The van der Waals surface area contributed by atoms with Gasteiger partial charge < -0.3 is 19.9 Å². The molecule has 2 aliphatic carbocycles. The summed E-state index contributed by atoms with van der Waals surface area (Å²) in [5.74, 6) is -0.811. The summed E-state index contributed by atoms with van der Waals surface area (Å²) in [5, 5.41) is 12.2. The number of hydrogen-bond donors (Lipinski definition) is 2. The minimum absolute atomic E-state index is 0.0502. The van der Waals surface area contributed by atoms with Crippen molar-refractivity contribution in [2.75, 3.05) is 13.7 Å². The number of methoxy groups -OCH3 is 1. The molecule has 1 saturated carbocycles. The Hall–Kier alpha value is -2.86. The number of amides is 1. The van der Waals surface area contributed by atoms with Crippen LogP contribution in [0.15, 0.2) is 48.5 Å². The number of ether oxygens (including phenoxy) is 2. The molecule has 0 saturated heterocycles. The van der Waals surface area contributed by atoms with E-state index in [2.05, 4.69) is 29.6 Å². The zero-order valence-electron chi connectivity index (χ0n) is 17.8. The minimum Gasteiger partial charge on any atom is -0.480 e.